The number of aromatic carboxylic acids is 1. The summed E-state index contributed by atoms with van der Waals surface area (Å²) < 4.78 is 5.44. The van der Waals surface area contributed by atoms with E-state index >= 15 is 0 Å². The van der Waals surface area contributed by atoms with Crippen molar-refractivity contribution in [2.45, 2.75) is 5.92 Å². The van der Waals surface area contributed by atoms with Crippen molar-refractivity contribution in [3.05, 3.63) is 89.0 Å². The van der Waals surface area contributed by atoms with Gasteiger partial charge in [0.2, 0.25) is 0 Å². The molecule has 3 aromatic rings. The van der Waals surface area contributed by atoms with Gasteiger partial charge in [-0.2, -0.15) is 0 Å². The van der Waals surface area contributed by atoms with Gasteiger partial charge in [-0.25, -0.2) is 9.59 Å². The fraction of sp³-hybridized carbons (Fsp3) is 0.0870. The number of benzene rings is 3. The summed E-state index contributed by atoms with van der Waals surface area (Å²) >= 11 is 0. The lowest BCUT2D eigenvalue weighted by atomic mass is 9.98. The first-order valence-corrected chi connectivity index (χ1v) is 9.03. The van der Waals surface area contributed by atoms with Crippen molar-refractivity contribution in [3.8, 4) is 11.1 Å². The average molecular weight is 387 g/mol. The fourth-order valence-electron chi connectivity index (χ4n) is 3.65. The molecule has 4 rings (SSSR count). The zero-order chi connectivity index (χ0) is 20.4. The molecule has 1 aliphatic rings. The van der Waals surface area contributed by atoms with Crippen LogP contribution in [0, 0.1) is 0 Å². The lowest BCUT2D eigenvalue weighted by molar-refractivity contribution is 0.0697. The van der Waals surface area contributed by atoms with Crippen LogP contribution in [-0.4, -0.2) is 30.1 Å². The molecule has 0 aliphatic heterocycles. The van der Waals surface area contributed by atoms with E-state index in [1.807, 2.05) is 36.4 Å². The van der Waals surface area contributed by atoms with Crippen LogP contribution in [0.3, 0.4) is 0 Å². The van der Waals surface area contributed by atoms with E-state index in [0.717, 1.165) is 22.3 Å². The Morgan fingerprint density at radius 3 is 2.17 bits per heavy atom. The number of hydrogen-bond donors (Lipinski definition) is 2. The highest BCUT2D eigenvalue weighted by molar-refractivity contribution is 5.97. The molecule has 0 bridgehead atoms. The van der Waals surface area contributed by atoms with Crippen LogP contribution in [0.15, 0.2) is 66.7 Å². The van der Waals surface area contributed by atoms with Gasteiger partial charge < -0.3 is 9.84 Å². The molecule has 0 saturated heterocycles. The summed E-state index contributed by atoms with van der Waals surface area (Å²) in [6.07, 6.45) is -0.219. The first kappa shape index (κ1) is 18.4. The highest BCUT2D eigenvalue weighted by Gasteiger charge is 2.29. The van der Waals surface area contributed by atoms with E-state index in [-0.39, 0.29) is 29.3 Å². The van der Waals surface area contributed by atoms with Gasteiger partial charge >= 0.3 is 12.1 Å². The molecule has 0 radical (unpaired) electrons. The van der Waals surface area contributed by atoms with Crippen LogP contribution in [-0.2, 0) is 4.74 Å². The molecule has 1 amide bonds. The Bertz CT molecular complexity index is 1080. The maximum Gasteiger partial charge on any atom is 0.411 e. The number of aldehydes is 1. The van der Waals surface area contributed by atoms with E-state index in [0.29, 0.717) is 6.29 Å². The number of anilines is 1. The number of hydrogen-bond acceptors (Lipinski definition) is 4. The maximum atomic E-state index is 12.3. The third-order valence-electron chi connectivity index (χ3n) is 5.01. The van der Waals surface area contributed by atoms with Crippen molar-refractivity contribution in [3.63, 3.8) is 0 Å². The second-order valence-corrected chi connectivity index (χ2v) is 6.68. The van der Waals surface area contributed by atoms with Crippen LogP contribution in [0.2, 0.25) is 0 Å². The largest absolute Gasteiger partial charge is 0.478 e. The number of carboxylic acid groups (broad SMARTS) is 1. The van der Waals surface area contributed by atoms with E-state index in [9.17, 15) is 14.4 Å². The first-order valence-electron chi connectivity index (χ1n) is 9.03. The molecule has 6 heteroatoms. The zero-order valence-electron chi connectivity index (χ0n) is 15.3. The van der Waals surface area contributed by atoms with Gasteiger partial charge in [-0.15, -0.1) is 0 Å². The predicted octanol–water partition coefficient (Wildman–Crippen LogP) is 4.56. The number of ether oxygens (including phenoxy) is 1. The minimum atomic E-state index is -1.15. The molecule has 0 spiro atoms. The van der Waals surface area contributed by atoms with Crippen LogP contribution in [0.1, 0.15) is 37.8 Å². The summed E-state index contributed by atoms with van der Waals surface area (Å²) in [7, 11) is 0. The molecule has 3 aromatic carbocycles. The van der Waals surface area contributed by atoms with E-state index in [1.165, 1.54) is 18.2 Å². The van der Waals surface area contributed by atoms with E-state index in [4.69, 9.17) is 9.84 Å². The predicted molar refractivity (Wildman–Crippen MR) is 107 cm³/mol. The van der Waals surface area contributed by atoms with Crippen LogP contribution in [0.5, 0.6) is 0 Å². The normalized spacial score (nSPS) is 12.0. The lowest BCUT2D eigenvalue weighted by Gasteiger charge is -2.15. The lowest BCUT2D eigenvalue weighted by Crippen LogP contribution is -2.18. The maximum absolute atomic E-state index is 12.3. The summed E-state index contributed by atoms with van der Waals surface area (Å²) in [5.41, 5.74) is 4.68. The average Bonchev–Trinajstić information content (AvgIpc) is 3.06. The Kier molecular flexibility index (Phi) is 4.83. The quantitative estimate of drug-likeness (QED) is 0.626. The molecular formula is C23H17NO5. The minimum Gasteiger partial charge on any atom is -0.478 e. The smallest absolute Gasteiger partial charge is 0.411 e. The molecule has 2 N–H and O–H groups in total. The van der Waals surface area contributed by atoms with Gasteiger partial charge in [0.25, 0.3) is 0 Å². The first-order chi connectivity index (χ1) is 14.1. The standard InChI is InChI=1S/C23H17NO5/c25-12-15-11-14(22(26)27)9-10-21(15)24-23(28)29-13-20-18-7-3-1-5-16(18)17-6-2-4-8-19(17)20/h1-12,20H,13H2,(H,24,28)(H,26,27). The Morgan fingerprint density at radius 2 is 1.59 bits per heavy atom. The third-order valence-corrected chi connectivity index (χ3v) is 5.01. The van der Waals surface area contributed by atoms with Crippen LogP contribution in [0.25, 0.3) is 11.1 Å². The number of carbonyl (C=O) groups is 3. The van der Waals surface area contributed by atoms with Gasteiger partial charge in [0, 0.05) is 11.5 Å². The number of rotatable bonds is 5. The van der Waals surface area contributed by atoms with Crippen molar-refractivity contribution < 1.29 is 24.2 Å². The van der Waals surface area contributed by atoms with Crippen molar-refractivity contribution in [1.82, 2.24) is 0 Å². The number of carbonyl (C=O) groups excluding carboxylic acids is 2. The van der Waals surface area contributed by atoms with Crippen molar-refractivity contribution in [2.75, 3.05) is 11.9 Å². The van der Waals surface area contributed by atoms with E-state index in [1.54, 1.807) is 0 Å². The molecule has 1 aliphatic carbocycles. The van der Waals surface area contributed by atoms with Gasteiger partial charge in [0.15, 0.2) is 6.29 Å². The molecule has 0 unspecified atom stereocenters. The summed E-state index contributed by atoms with van der Waals surface area (Å²) in [5.74, 6) is -1.23. The van der Waals surface area contributed by atoms with Crippen molar-refractivity contribution >= 4 is 24.0 Å². The summed E-state index contributed by atoms with van der Waals surface area (Å²) in [5, 5.41) is 11.5. The monoisotopic (exact) mass is 387 g/mol. The molecule has 29 heavy (non-hydrogen) atoms. The molecule has 0 aromatic heterocycles. The fourth-order valence-corrected chi connectivity index (χ4v) is 3.65. The molecule has 0 heterocycles. The minimum absolute atomic E-state index is 0.0369. The Hall–Kier alpha value is -3.93. The Morgan fingerprint density at radius 1 is 0.966 bits per heavy atom. The van der Waals surface area contributed by atoms with Gasteiger partial charge in [-0.1, -0.05) is 48.5 Å². The Labute approximate surface area is 166 Å². The molecular weight excluding hydrogens is 370 g/mol. The second kappa shape index (κ2) is 7.59. The highest BCUT2D eigenvalue weighted by atomic mass is 16.5. The summed E-state index contributed by atoms with van der Waals surface area (Å²) in [6, 6.07) is 19.9. The van der Waals surface area contributed by atoms with E-state index < -0.39 is 12.1 Å². The number of nitrogens with one attached hydrogen (secondary N) is 1. The van der Waals surface area contributed by atoms with Gasteiger partial charge in [-0.05, 0) is 40.5 Å². The number of fused-ring (bicyclic) bond motifs is 3. The summed E-state index contributed by atoms with van der Waals surface area (Å²) in [4.78, 5) is 34.6. The topological polar surface area (TPSA) is 92.7 Å². The number of carboxylic acids is 1. The highest BCUT2D eigenvalue weighted by Crippen LogP contribution is 2.44. The second-order valence-electron chi connectivity index (χ2n) is 6.68. The van der Waals surface area contributed by atoms with Gasteiger partial charge in [0.05, 0.1) is 11.3 Å². The van der Waals surface area contributed by atoms with Crippen molar-refractivity contribution in [2.24, 2.45) is 0 Å². The molecule has 0 atom stereocenters. The third kappa shape index (κ3) is 3.48. The van der Waals surface area contributed by atoms with Gasteiger partial charge in [-0.3, -0.25) is 10.1 Å². The van der Waals surface area contributed by atoms with Crippen LogP contribution < -0.4 is 5.32 Å². The van der Waals surface area contributed by atoms with E-state index in [2.05, 4.69) is 17.4 Å². The molecule has 6 nitrogen and oxygen atoms in total. The van der Waals surface area contributed by atoms with Gasteiger partial charge in [0.1, 0.15) is 6.61 Å². The molecule has 0 saturated carbocycles. The zero-order valence-corrected chi connectivity index (χ0v) is 15.3. The Balaban J connectivity index is 1.50. The molecule has 144 valence electrons. The number of amides is 1. The molecule has 0 fully saturated rings. The summed E-state index contributed by atoms with van der Waals surface area (Å²) in [6.45, 7) is 0.142. The SMILES string of the molecule is O=Cc1cc(C(=O)O)ccc1NC(=O)OCC1c2ccccc2-c2ccccc21. The van der Waals surface area contributed by atoms with Crippen molar-refractivity contribution in [1.29, 1.82) is 0 Å². The van der Waals surface area contributed by atoms with Crippen LogP contribution in [0.4, 0.5) is 10.5 Å². The van der Waals surface area contributed by atoms with Crippen LogP contribution >= 0.6 is 0 Å².